The summed E-state index contributed by atoms with van der Waals surface area (Å²) in [7, 11) is -3.23. The van der Waals surface area contributed by atoms with E-state index in [0.717, 1.165) is 24.9 Å². The first-order chi connectivity index (χ1) is 9.81. The van der Waals surface area contributed by atoms with Gasteiger partial charge in [0.05, 0.1) is 6.26 Å². The van der Waals surface area contributed by atoms with E-state index < -0.39 is 10.0 Å². The molecule has 0 spiro atoms. The Bertz CT molecular complexity index is 587. The summed E-state index contributed by atoms with van der Waals surface area (Å²) >= 11 is 0. The molecule has 0 fully saturated rings. The first kappa shape index (κ1) is 17.4. The molecule has 21 heavy (non-hydrogen) atoms. The second-order valence-electron chi connectivity index (χ2n) is 4.73. The van der Waals surface area contributed by atoms with Gasteiger partial charge in [0.2, 0.25) is 10.0 Å². The summed E-state index contributed by atoms with van der Waals surface area (Å²) in [5, 5.41) is 5.80. The molecular formula is C13H22N4O3S. The minimum Gasteiger partial charge on any atom is -0.370 e. The van der Waals surface area contributed by atoms with E-state index in [1.165, 1.54) is 0 Å². The molecule has 0 atom stereocenters. The molecule has 0 aliphatic heterocycles. The molecule has 0 unspecified atom stereocenters. The third-order valence-corrected chi connectivity index (χ3v) is 3.28. The van der Waals surface area contributed by atoms with Crippen LogP contribution in [0.2, 0.25) is 0 Å². The molecule has 1 rings (SSSR count). The number of amides is 1. The fraction of sp³-hybridized carbons (Fsp3) is 0.538. The maximum Gasteiger partial charge on any atom is 0.251 e. The van der Waals surface area contributed by atoms with Crippen molar-refractivity contribution in [2.24, 2.45) is 0 Å². The van der Waals surface area contributed by atoms with Crippen LogP contribution in [0.5, 0.6) is 0 Å². The largest absolute Gasteiger partial charge is 0.370 e. The van der Waals surface area contributed by atoms with E-state index in [1.54, 1.807) is 12.1 Å². The summed E-state index contributed by atoms with van der Waals surface area (Å²) in [5.41, 5.74) is 1.25. The molecule has 0 radical (unpaired) electrons. The van der Waals surface area contributed by atoms with E-state index in [2.05, 4.69) is 20.3 Å². The number of carbonyl (C=O) groups is 1. The second-order valence-corrected chi connectivity index (χ2v) is 6.56. The summed E-state index contributed by atoms with van der Waals surface area (Å²) in [4.78, 5) is 16.3. The molecule has 1 amide bonds. The van der Waals surface area contributed by atoms with E-state index in [-0.39, 0.29) is 19.0 Å². The van der Waals surface area contributed by atoms with Gasteiger partial charge in [-0.1, -0.05) is 6.92 Å². The van der Waals surface area contributed by atoms with Gasteiger partial charge in [-0.05, 0) is 25.5 Å². The van der Waals surface area contributed by atoms with Gasteiger partial charge in [0, 0.05) is 30.9 Å². The number of hydrogen-bond donors (Lipinski definition) is 3. The Morgan fingerprint density at radius 3 is 2.57 bits per heavy atom. The number of nitrogens with zero attached hydrogens (tertiary/aromatic N) is 1. The van der Waals surface area contributed by atoms with Crippen molar-refractivity contribution in [2.45, 2.75) is 20.3 Å². The third-order valence-electron chi connectivity index (χ3n) is 2.55. The second kappa shape index (κ2) is 7.94. The molecule has 0 saturated heterocycles. The van der Waals surface area contributed by atoms with Gasteiger partial charge in [-0.3, -0.25) is 4.79 Å². The summed E-state index contributed by atoms with van der Waals surface area (Å²) in [6.45, 7) is 5.04. The monoisotopic (exact) mass is 314 g/mol. The molecule has 7 nitrogen and oxygen atoms in total. The van der Waals surface area contributed by atoms with Crippen LogP contribution in [0.15, 0.2) is 12.1 Å². The molecule has 118 valence electrons. The Hall–Kier alpha value is -1.67. The molecule has 0 aliphatic carbocycles. The number of nitrogens with one attached hydrogen (secondary N) is 3. The predicted molar refractivity (Wildman–Crippen MR) is 82.9 cm³/mol. The molecule has 1 heterocycles. The van der Waals surface area contributed by atoms with Gasteiger partial charge in [-0.15, -0.1) is 0 Å². The molecule has 3 N–H and O–H groups in total. The van der Waals surface area contributed by atoms with Crippen LogP contribution in [-0.2, 0) is 10.0 Å². The average molecular weight is 314 g/mol. The van der Waals surface area contributed by atoms with Gasteiger partial charge >= 0.3 is 0 Å². The highest BCUT2D eigenvalue weighted by atomic mass is 32.2. The predicted octanol–water partition coefficient (Wildman–Crippen LogP) is 0.491. The smallest absolute Gasteiger partial charge is 0.251 e. The number of rotatable bonds is 8. The average Bonchev–Trinajstić information content (AvgIpc) is 2.39. The van der Waals surface area contributed by atoms with E-state index in [1.807, 2.05) is 13.8 Å². The molecule has 0 saturated carbocycles. The first-order valence-electron chi connectivity index (χ1n) is 6.77. The maximum absolute atomic E-state index is 12.0. The lowest BCUT2D eigenvalue weighted by Gasteiger charge is -2.09. The minimum atomic E-state index is -3.23. The van der Waals surface area contributed by atoms with Crippen LogP contribution in [0.25, 0.3) is 0 Å². The van der Waals surface area contributed by atoms with Gasteiger partial charge in [0.15, 0.2) is 0 Å². The van der Waals surface area contributed by atoms with E-state index >= 15 is 0 Å². The van der Waals surface area contributed by atoms with Crippen LogP contribution in [0.3, 0.4) is 0 Å². The highest BCUT2D eigenvalue weighted by molar-refractivity contribution is 7.88. The van der Waals surface area contributed by atoms with Crippen molar-refractivity contribution in [1.29, 1.82) is 0 Å². The number of carbonyl (C=O) groups excluding carboxylic acids is 1. The number of hydrogen-bond acceptors (Lipinski definition) is 5. The quantitative estimate of drug-likeness (QED) is 0.606. The van der Waals surface area contributed by atoms with Crippen molar-refractivity contribution in [3.05, 3.63) is 23.4 Å². The molecule has 0 aliphatic rings. The molecule has 0 bridgehead atoms. The molecule has 1 aromatic rings. The number of sulfonamides is 1. The molecule has 8 heteroatoms. The van der Waals surface area contributed by atoms with Crippen molar-refractivity contribution in [1.82, 2.24) is 15.0 Å². The van der Waals surface area contributed by atoms with Crippen LogP contribution in [0.1, 0.15) is 29.4 Å². The number of aryl methyl sites for hydroxylation is 1. The fourth-order valence-corrected chi connectivity index (χ4v) is 2.13. The normalized spacial score (nSPS) is 11.2. The number of pyridine rings is 1. The van der Waals surface area contributed by atoms with E-state index in [0.29, 0.717) is 11.4 Å². The third kappa shape index (κ3) is 7.05. The van der Waals surface area contributed by atoms with Crippen LogP contribution >= 0.6 is 0 Å². The highest BCUT2D eigenvalue weighted by Crippen LogP contribution is 2.10. The van der Waals surface area contributed by atoms with Crippen molar-refractivity contribution in [3.8, 4) is 0 Å². The zero-order valence-corrected chi connectivity index (χ0v) is 13.4. The van der Waals surface area contributed by atoms with Crippen LogP contribution in [0.4, 0.5) is 5.82 Å². The SMILES string of the molecule is CCCNc1cc(C(=O)NCCNS(C)(=O)=O)cc(C)n1. The van der Waals surface area contributed by atoms with Gasteiger partial charge < -0.3 is 10.6 Å². The topological polar surface area (TPSA) is 100 Å². The standard InChI is InChI=1S/C13H22N4O3S/c1-4-5-14-12-9-11(8-10(2)17-12)13(18)15-6-7-16-21(3,19)20/h8-9,16H,4-7H2,1-3H3,(H,14,17)(H,15,18). The van der Waals surface area contributed by atoms with Crippen molar-refractivity contribution in [3.63, 3.8) is 0 Å². The zero-order chi connectivity index (χ0) is 15.9. The van der Waals surface area contributed by atoms with Gasteiger partial charge in [0.1, 0.15) is 5.82 Å². The summed E-state index contributed by atoms with van der Waals surface area (Å²) in [6, 6.07) is 3.37. The lowest BCUT2D eigenvalue weighted by atomic mass is 10.2. The van der Waals surface area contributed by atoms with Gasteiger partial charge in [0.25, 0.3) is 5.91 Å². The zero-order valence-electron chi connectivity index (χ0n) is 12.6. The Morgan fingerprint density at radius 1 is 1.24 bits per heavy atom. The van der Waals surface area contributed by atoms with Crippen molar-refractivity contribution in [2.75, 3.05) is 31.2 Å². The Kier molecular flexibility index (Phi) is 6.57. The van der Waals surface area contributed by atoms with Gasteiger partial charge in [-0.2, -0.15) is 0 Å². The van der Waals surface area contributed by atoms with Crippen LogP contribution in [-0.4, -0.2) is 45.2 Å². The van der Waals surface area contributed by atoms with Crippen molar-refractivity contribution >= 4 is 21.7 Å². The minimum absolute atomic E-state index is 0.162. The lowest BCUT2D eigenvalue weighted by molar-refractivity contribution is 0.0954. The van der Waals surface area contributed by atoms with Crippen LogP contribution < -0.4 is 15.4 Å². The van der Waals surface area contributed by atoms with Gasteiger partial charge in [-0.25, -0.2) is 18.1 Å². The van der Waals surface area contributed by atoms with Crippen molar-refractivity contribution < 1.29 is 13.2 Å². The maximum atomic E-state index is 12.0. The first-order valence-corrected chi connectivity index (χ1v) is 8.66. The summed E-state index contributed by atoms with van der Waals surface area (Å²) in [5.74, 6) is 0.409. The summed E-state index contributed by atoms with van der Waals surface area (Å²) < 4.78 is 24.1. The van der Waals surface area contributed by atoms with E-state index in [9.17, 15) is 13.2 Å². The fourth-order valence-electron chi connectivity index (χ4n) is 1.66. The highest BCUT2D eigenvalue weighted by Gasteiger charge is 2.08. The number of anilines is 1. The molecule has 0 aromatic carbocycles. The molecular weight excluding hydrogens is 292 g/mol. The van der Waals surface area contributed by atoms with E-state index in [4.69, 9.17) is 0 Å². The number of aromatic nitrogens is 1. The van der Waals surface area contributed by atoms with Crippen LogP contribution in [0, 0.1) is 6.92 Å². The molecule has 1 aromatic heterocycles. The Labute approximate surface area is 125 Å². The Balaban J connectivity index is 2.59. The summed E-state index contributed by atoms with van der Waals surface area (Å²) in [6.07, 6.45) is 2.04. The Morgan fingerprint density at radius 2 is 1.95 bits per heavy atom. The lowest BCUT2D eigenvalue weighted by Crippen LogP contribution is -2.34.